The summed E-state index contributed by atoms with van der Waals surface area (Å²) in [5.41, 5.74) is 5.81. The van der Waals surface area contributed by atoms with E-state index in [1.165, 1.54) is 81.3 Å². The predicted octanol–water partition coefficient (Wildman–Crippen LogP) is 5.45. The van der Waals surface area contributed by atoms with E-state index in [4.69, 9.17) is 0 Å². The van der Waals surface area contributed by atoms with Gasteiger partial charge in [-0.1, -0.05) is 25.0 Å². The van der Waals surface area contributed by atoms with Crippen LogP contribution in [0.1, 0.15) is 80.0 Å². The van der Waals surface area contributed by atoms with Crippen molar-refractivity contribution in [1.82, 2.24) is 14.5 Å². The summed E-state index contributed by atoms with van der Waals surface area (Å²) < 4.78 is 1.90. The van der Waals surface area contributed by atoms with Gasteiger partial charge < -0.3 is 4.98 Å². The molecule has 1 aromatic carbocycles. The Labute approximate surface area is 177 Å². The van der Waals surface area contributed by atoms with Gasteiger partial charge >= 0.3 is 0 Å². The molecular formula is C26H31N3O. The van der Waals surface area contributed by atoms with Gasteiger partial charge in [-0.15, -0.1) is 0 Å². The molecule has 2 aromatic heterocycles. The van der Waals surface area contributed by atoms with Crippen LogP contribution >= 0.6 is 0 Å². The second-order valence-corrected chi connectivity index (χ2v) is 9.68. The molecule has 3 heterocycles. The van der Waals surface area contributed by atoms with Gasteiger partial charge in [-0.25, -0.2) is 0 Å². The van der Waals surface area contributed by atoms with E-state index in [1.807, 2.05) is 4.57 Å². The molecule has 1 aliphatic heterocycles. The number of rotatable bonds is 5. The molecule has 4 heteroatoms. The molecule has 6 rings (SSSR count). The topological polar surface area (TPSA) is 41.0 Å². The van der Waals surface area contributed by atoms with Crippen LogP contribution in [0.25, 0.3) is 16.6 Å². The summed E-state index contributed by atoms with van der Waals surface area (Å²) in [6.45, 7) is 3.27. The molecule has 3 aliphatic rings. The minimum absolute atomic E-state index is 0.0880. The number of hydrogen-bond acceptors (Lipinski definition) is 2. The van der Waals surface area contributed by atoms with Crippen LogP contribution in [0.4, 0.5) is 0 Å². The van der Waals surface area contributed by atoms with Crippen LogP contribution in [-0.4, -0.2) is 27.5 Å². The van der Waals surface area contributed by atoms with Gasteiger partial charge in [0.25, 0.3) is 5.56 Å². The molecule has 1 saturated heterocycles. The van der Waals surface area contributed by atoms with Gasteiger partial charge in [-0.2, -0.15) is 0 Å². The normalized spacial score (nSPS) is 20.5. The van der Waals surface area contributed by atoms with Crippen LogP contribution in [0.5, 0.6) is 0 Å². The highest BCUT2D eigenvalue weighted by atomic mass is 16.1. The number of nitrogens with zero attached hydrogens (tertiary/aromatic N) is 2. The van der Waals surface area contributed by atoms with Gasteiger partial charge in [-0.3, -0.25) is 14.3 Å². The van der Waals surface area contributed by atoms with E-state index in [9.17, 15) is 4.79 Å². The van der Waals surface area contributed by atoms with Crippen molar-refractivity contribution in [2.75, 3.05) is 13.1 Å². The van der Waals surface area contributed by atoms with E-state index in [1.54, 1.807) is 0 Å². The smallest absolute Gasteiger partial charge is 0.279 e. The lowest BCUT2D eigenvalue weighted by molar-refractivity contribution is 0.219. The molecule has 4 nitrogen and oxygen atoms in total. The van der Waals surface area contributed by atoms with E-state index in [-0.39, 0.29) is 5.56 Å². The van der Waals surface area contributed by atoms with Crippen LogP contribution in [-0.2, 0) is 6.54 Å². The minimum atomic E-state index is 0.0880. The Morgan fingerprint density at radius 2 is 1.77 bits per heavy atom. The molecular weight excluding hydrogens is 370 g/mol. The highest BCUT2D eigenvalue weighted by molar-refractivity contribution is 5.84. The number of H-pyrrole nitrogens is 1. The number of piperidine rings is 1. The molecule has 30 heavy (non-hydrogen) atoms. The van der Waals surface area contributed by atoms with Crippen molar-refractivity contribution in [2.24, 2.45) is 0 Å². The van der Waals surface area contributed by atoms with Gasteiger partial charge in [0.2, 0.25) is 0 Å². The molecule has 0 unspecified atom stereocenters. The highest BCUT2D eigenvalue weighted by Gasteiger charge is 2.28. The first-order valence-electron chi connectivity index (χ1n) is 11.9. The minimum Gasteiger partial charge on any atom is -0.353 e. The number of benzene rings is 1. The molecule has 0 atom stereocenters. The Morgan fingerprint density at radius 1 is 0.933 bits per heavy atom. The van der Waals surface area contributed by atoms with Gasteiger partial charge in [0, 0.05) is 29.5 Å². The lowest BCUT2D eigenvalue weighted by atomic mass is 9.80. The first-order valence-corrected chi connectivity index (χ1v) is 11.9. The van der Waals surface area contributed by atoms with Crippen LogP contribution in [0.3, 0.4) is 0 Å². The molecule has 0 radical (unpaired) electrons. The van der Waals surface area contributed by atoms with E-state index in [0.29, 0.717) is 11.8 Å². The molecule has 3 aromatic rings. The van der Waals surface area contributed by atoms with Crippen LogP contribution < -0.4 is 5.56 Å². The Morgan fingerprint density at radius 3 is 2.50 bits per heavy atom. The number of aromatic nitrogens is 2. The SMILES string of the molecule is O=c1c2[nH]c(CN3CCCCC3)cc2c(C2CC2)cn1-c1cccc(C2CCC2)c1. The van der Waals surface area contributed by atoms with Gasteiger partial charge in [0.15, 0.2) is 0 Å². The highest BCUT2D eigenvalue weighted by Crippen LogP contribution is 2.43. The number of fused-ring (bicyclic) bond motifs is 1. The number of nitrogens with one attached hydrogen (secondary N) is 1. The van der Waals surface area contributed by atoms with Crippen molar-refractivity contribution in [3.8, 4) is 5.69 Å². The maximum atomic E-state index is 13.5. The van der Waals surface area contributed by atoms with E-state index in [0.717, 1.165) is 23.1 Å². The second kappa shape index (κ2) is 7.42. The fourth-order valence-corrected chi connectivity index (χ4v) is 5.32. The molecule has 1 N–H and O–H groups in total. The summed E-state index contributed by atoms with van der Waals surface area (Å²) in [5, 5.41) is 1.15. The zero-order valence-electron chi connectivity index (χ0n) is 17.7. The molecule has 2 aliphatic carbocycles. The zero-order chi connectivity index (χ0) is 20.1. The predicted molar refractivity (Wildman–Crippen MR) is 122 cm³/mol. The summed E-state index contributed by atoms with van der Waals surface area (Å²) in [4.78, 5) is 19.6. The fourth-order valence-electron chi connectivity index (χ4n) is 5.32. The maximum absolute atomic E-state index is 13.5. The van der Waals surface area contributed by atoms with Crippen molar-refractivity contribution in [3.05, 3.63) is 63.7 Å². The lowest BCUT2D eigenvalue weighted by Gasteiger charge is -2.26. The average Bonchev–Trinajstić information content (AvgIpc) is 3.48. The molecule has 2 saturated carbocycles. The van der Waals surface area contributed by atoms with Gasteiger partial charge in [0.1, 0.15) is 5.52 Å². The first kappa shape index (κ1) is 18.4. The summed E-state index contributed by atoms with van der Waals surface area (Å²) >= 11 is 0. The third-order valence-corrected chi connectivity index (χ3v) is 7.47. The van der Waals surface area contributed by atoms with Crippen molar-refractivity contribution in [2.45, 2.75) is 69.7 Å². The quantitative estimate of drug-likeness (QED) is 0.618. The maximum Gasteiger partial charge on any atom is 0.279 e. The largest absolute Gasteiger partial charge is 0.353 e. The Bertz CT molecular complexity index is 1130. The van der Waals surface area contributed by atoms with Crippen molar-refractivity contribution in [3.63, 3.8) is 0 Å². The van der Waals surface area contributed by atoms with Gasteiger partial charge in [0.05, 0.1) is 0 Å². The summed E-state index contributed by atoms with van der Waals surface area (Å²) in [6, 6.07) is 10.9. The van der Waals surface area contributed by atoms with E-state index >= 15 is 0 Å². The third kappa shape index (κ3) is 3.31. The van der Waals surface area contributed by atoms with Crippen molar-refractivity contribution >= 4 is 10.9 Å². The van der Waals surface area contributed by atoms with Gasteiger partial charge in [-0.05, 0) is 92.8 Å². The third-order valence-electron chi connectivity index (χ3n) is 7.47. The Hall–Kier alpha value is -2.33. The number of hydrogen-bond donors (Lipinski definition) is 1. The number of aromatic amines is 1. The van der Waals surface area contributed by atoms with E-state index < -0.39 is 0 Å². The molecule has 0 spiro atoms. The standard InChI is InChI=1S/C26H31N3O/c30-26-25-23(15-21(27-25)16-28-12-2-1-3-13-28)24(19-10-11-19)17-29(26)22-9-5-8-20(14-22)18-6-4-7-18/h5,8-9,14-15,17-19,27H,1-4,6-7,10-13,16H2. The number of likely N-dealkylation sites (tertiary alicyclic amines) is 1. The van der Waals surface area contributed by atoms with Crippen molar-refractivity contribution in [1.29, 1.82) is 0 Å². The summed E-state index contributed by atoms with van der Waals surface area (Å²) in [7, 11) is 0. The molecule has 0 bridgehead atoms. The monoisotopic (exact) mass is 401 g/mol. The first-order chi connectivity index (χ1) is 14.8. The average molecular weight is 402 g/mol. The van der Waals surface area contributed by atoms with Crippen LogP contribution in [0, 0.1) is 0 Å². The van der Waals surface area contributed by atoms with Crippen LogP contribution in [0.15, 0.2) is 41.3 Å². The summed E-state index contributed by atoms with van der Waals surface area (Å²) in [6.07, 6.45) is 12.4. The molecule has 0 amide bonds. The summed E-state index contributed by atoms with van der Waals surface area (Å²) in [5.74, 6) is 1.28. The Kier molecular flexibility index (Phi) is 4.56. The number of pyridine rings is 1. The Balaban J connectivity index is 1.42. The molecule has 156 valence electrons. The second-order valence-electron chi connectivity index (χ2n) is 9.68. The molecule has 3 fully saturated rings. The zero-order valence-corrected chi connectivity index (χ0v) is 17.7. The van der Waals surface area contributed by atoms with Crippen LogP contribution in [0.2, 0.25) is 0 Å². The van der Waals surface area contributed by atoms with E-state index in [2.05, 4.69) is 46.4 Å². The van der Waals surface area contributed by atoms with Crippen molar-refractivity contribution < 1.29 is 0 Å². The lowest BCUT2D eigenvalue weighted by Crippen LogP contribution is -2.29. The fraction of sp³-hybridized carbons (Fsp3) is 0.500.